The molecule has 0 spiro atoms. The average molecular weight is 265 g/mol. The lowest BCUT2D eigenvalue weighted by Gasteiger charge is -2.49. The van der Waals surface area contributed by atoms with Crippen molar-refractivity contribution in [3.63, 3.8) is 0 Å². The van der Waals surface area contributed by atoms with Crippen LogP contribution in [0.4, 0.5) is 0 Å². The van der Waals surface area contributed by atoms with Crippen LogP contribution in [-0.4, -0.2) is 61.2 Å². The predicted octanol–water partition coefficient (Wildman–Crippen LogP) is 1.79. The molecule has 0 aromatic carbocycles. The van der Waals surface area contributed by atoms with Crippen LogP contribution < -0.4 is 5.32 Å². The van der Waals surface area contributed by atoms with Gasteiger partial charge in [-0.25, -0.2) is 0 Å². The first-order chi connectivity index (χ1) is 9.05. The average Bonchev–Trinajstić information content (AvgIpc) is 2.27. The Morgan fingerprint density at radius 1 is 1.00 bits per heavy atom. The molecule has 0 radical (unpaired) electrons. The highest BCUT2D eigenvalue weighted by Crippen LogP contribution is 2.40. The number of hydrogen-bond donors (Lipinski definition) is 1. The van der Waals surface area contributed by atoms with E-state index in [4.69, 9.17) is 0 Å². The second kappa shape index (κ2) is 5.34. The first-order valence-corrected chi connectivity index (χ1v) is 8.24. The molecule has 0 aromatic rings. The zero-order valence-electron chi connectivity index (χ0n) is 13.0. The van der Waals surface area contributed by atoms with Crippen LogP contribution in [0.2, 0.25) is 0 Å². The van der Waals surface area contributed by atoms with E-state index in [1.807, 2.05) is 0 Å². The van der Waals surface area contributed by atoms with E-state index >= 15 is 0 Å². The number of nitrogens with zero attached hydrogens (tertiary/aromatic N) is 2. The third-order valence-corrected chi connectivity index (χ3v) is 5.74. The van der Waals surface area contributed by atoms with E-state index in [2.05, 4.69) is 35.9 Å². The Balaban J connectivity index is 1.51. The minimum Gasteiger partial charge on any atom is -0.314 e. The summed E-state index contributed by atoms with van der Waals surface area (Å²) in [6.45, 7) is 15.0. The highest BCUT2D eigenvalue weighted by Gasteiger charge is 2.37. The predicted molar refractivity (Wildman–Crippen MR) is 80.4 cm³/mol. The van der Waals surface area contributed by atoms with Gasteiger partial charge in [0.1, 0.15) is 0 Å². The van der Waals surface area contributed by atoms with Crippen molar-refractivity contribution in [2.75, 3.05) is 39.3 Å². The normalized spacial score (nSPS) is 38.1. The quantitative estimate of drug-likeness (QED) is 0.821. The van der Waals surface area contributed by atoms with Crippen molar-refractivity contribution in [3.8, 4) is 0 Å². The van der Waals surface area contributed by atoms with Crippen molar-refractivity contribution < 1.29 is 0 Å². The Kier molecular flexibility index (Phi) is 3.89. The van der Waals surface area contributed by atoms with Gasteiger partial charge >= 0.3 is 0 Å². The fraction of sp³-hybridized carbons (Fsp3) is 1.00. The second-order valence-electron chi connectivity index (χ2n) is 7.84. The zero-order chi connectivity index (χ0) is 13.5. The molecule has 2 aliphatic heterocycles. The molecule has 0 bridgehead atoms. The summed E-state index contributed by atoms with van der Waals surface area (Å²) < 4.78 is 0. The SMILES string of the molecule is CC1CC(C)(C)CCC1N1CCN(C2CNC2)CC1. The highest BCUT2D eigenvalue weighted by atomic mass is 15.3. The summed E-state index contributed by atoms with van der Waals surface area (Å²) >= 11 is 0. The number of piperazine rings is 1. The van der Waals surface area contributed by atoms with Crippen molar-refractivity contribution >= 4 is 0 Å². The Morgan fingerprint density at radius 2 is 1.63 bits per heavy atom. The van der Waals surface area contributed by atoms with E-state index in [-0.39, 0.29) is 0 Å². The smallest absolute Gasteiger partial charge is 0.0346 e. The van der Waals surface area contributed by atoms with Gasteiger partial charge in [-0.05, 0) is 30.6 Å². The number of rotatable bonds is 2. The van der Waals surface area contributed by atoms with E-state index in [9.17, 15) is 0 Å². The fourth-order valence-electron chi connectivity index (χ4n) is 4.44. The van der Waals surface area contributed by atoms with Crippen LogP contribution in [0.5, 0.6) is 0 Å². The van der Waals surface area contributed by atoms with Gasteiger partial charge in [-0.1, -0.05) is 20.8 Å². The lowest BCUT2D eigenvalue weighted by Crippen LogP contribution is -2.63. The molecule has 3 rings (SSSR count). The summed E-state index contributed by atoms with van der Waals surface area (Å²) in [7, 11) is 0. The molecule has 3 heteroatoms. The van der Waals surface area contributed by atoms with E-state index < -0.39 is 0 Å². The van der Waals surface area contributed by atoms with Crippen molar-refractivity contribution in [1.82, 2.24) is 15.1 Å². The molecule has 3 aliphatic rings. The largest absolute Gasteiger partial charge is 0.314 e. The van der Waals surface area contributed by atoms with Crippen molar-refractivity contribution in [3.05, 3.63) is 0 Å². The summed E-state index contributed by atoms with van der Waals surface area (Å²) in [6, 6.07) is 1.69. The summed E-state index contributed by atoms with van der Waals surface area (Å²) in [6.07, 6.45) is 4.23. The van der Waals surface area contributed by atoms with Crippen LogP contribution in [0, 0.1) is 11.3 Å². The van der Waals surface area contributed by atoms with Crippen molar-refractivity contribution in [2.24, 2.45) is 11.3 Å². The van der Waals surface area contributed by atoms with Gasteiger partial charge in [0, 0.05) is 51.4 Å². The van der Waals surface area contributed by atoms with Crippen LogP contribution in [0.15, 0.2) is 0 Å². The standard InChI is InChI=1S/C16H31N3/c1-13-10-16(2,3)5-4-15(13)19-8-6-18(7-9-19)14-11-17-12-14/h13-15,17H,4-12H2,1-3H3. The molecule has 2 unspecified atom stereocenters. The maximum Gasteiger partial charge on any atom is 0.0346 e. The van der Waals surface area contributed by atoms with E-state index in [0.29, 0.717) is 5.41 Å². The van der Waals surface area contributed by atoms with Gasteiger partial charge in [0.2, 0.25) is 0 Å². The summed E-state index contributed by atoms with van der Waals surface area (Å²) in [5.74, 6) is 0.876. The molecule has 110 valence electrons. The molecule has 3 nitrogen and oxygen atoms in total. The number of nitrogens with one attached hydrogen (secondary N) is 1. The van der Waals surface area contributed by atoms with Gasteiger partial charge in [-0.2, -0.15) is 0 Å². The van der Waals surface area contributed by atoms with Crippen LogP contribution >= 0.6 is 0 Å². The summed E-state index contributed by atoms with van der Waals surface area (Å²) in [4.78, 5) is 5.49. The Bertz CT molecular complexity index is 303. The third-order valence-electron chi connectivity index (χ3n) is 5.74. The first-order valence-electron chi connectivity index (χ1n) is 8.24. The molecule has 3 fully saturated rings. The summed E-state index contributed by atoms with van der Waals surface area (Å²) in [5, 5.41) is 3.39. The maximum absolute atomic E-state index is 3.39. The Morgan fingerprint density at radius 3 is 2.16 bits per heavy atom. The molecular formula is C16H31N3. The fourth-order valence-corrected chi connectivity index (χ4v) is 4.44. The first kappa shape index (κ1) is 13.8. The Labute approximate surface area is 118 Å². The van der Waals surface area contributed by atoms with Crippen LogP contribution in [-0.2, 0) is 0 Å². The minimum absolute atomic E-state index is 0.579. The Hall–Kier alpha value is -0.120. The molecule has 2 atom stereocenters. The molecule has 1 aliphatic carbocycles. The molecule has 1 N–H and O–H groups in total. The summed E-state index contributed by atoms with van der Waals surface area (Å²) in [5.41, 5.74) is 0.579. The van der Waals surface area contributed by atoms with Crippen LogP contribution in [0.25, 0.3) is 0 Å². The van der Waals surface area contributed by atoms with Gasteiger partial charge in [-0.3, -0.25) is 9.80 Å². The van der Waals surface area contributed by atoms with Crippen molar-refractivity contribution in [2.45, 2.75) is 52.1 Å². The van der Waals surface area contributed by atoms with Crippen LogP contribution in [0.3, 0.4) is 0 Å². The van der Waals surface area contributed by atoms with E-state index in [1.165, 1.54) is 58.5 Å². The van der Waals surface area contributed by atoms with Gasteiger partial charge < -0.3 is 5.32 Å². The maximum atomic E-state index is 3.39. The topological polar surface area (TPSA) is 18.5 Å². The molecule has 19 heavy (non-hydrogen) atoms. The number of hydrogen-bond acceptors (Lipinski definition) is 3. The molecule has 0 amide bonds. The van der Waals surface area contributed by atoms with Gasteiger partial charge in [0.25, 0.3) is 0 Å². The van der Waals surface area contributed by atoms with Gasteiger partial charge in [0.15, 0.2) is 0 Å². The lowest BCUT2D eigenvalue weighted by atomic mass is 9.70. The monoisotopic (exact) mass is 265 g/mol. The molecule has 2 heterocycles. The molecule has 1 saturated carbocycles. The minimum atomic E-state index is 0.579. The van der Waals surface area contributed by atoms with Gasteiger partial charge in [-0.15, -0.1) is 0 Å². The zero-order valence-corrected chi connectivity index (χ0v) is 13.0. The van der Waals surface area contributed by atoms with E-state index in [1.54, 1.807) is 0 Å². The molecular weight excluding hydrogens is 234 g/mol. The highest BCUT2D eigenvalue weighted by molar-refractivity contribution is 4.92. The van der Waals surface area contributed by atoms with Gasteiger partial charge in [0.05, 0.1) is 0 Å². The van der Waals surface area contributed by atoms with Crippen molar-refractivity contribution in [1.29, 1.82) is 0 Å². The second-order valence-corrected chi connectivity index (χ2v) is 7.84. The lowest BCUT2D eigenvalue weighted by molar-refractivity contribution is 0.00757. The van der Waals surface area contributed by atoms with Crippen LogP contribution in [0.1, 0.15) is 40.0 Å². The molecule has 0 aromatic heterocycles. The third kappa shape index (κ3) is 2.98. The molecule has 2 saturated heterocycles. The van der Waals surface area contributed by atoms with E-state index in [0.717, 1.165) is 18.0 Å².